The van der Waals surface area contributed by atoms with Crippen molar-refractivity contribution < 1.29 is 19.1 Å². The Morgan fingerprint density at radius 3 is 2.55 bits per heavy atom. The molecule has 0 fully saturated rings. The molecule has 1 aromatic rings. The van der Waals surface area contributed by atoms with E-state index in [9.17, 15) is 9.59 Å². The first kappa shape index (κ1) is 18.4. The fourth-order valence-corrected chi connectivity index (χ4v) is 2.72. The van der Waals surface area contributed by atoms with Gasteiger partial charge in [-0.2, -0.15) is 0 Å². The number of carbonyl (C=O) groups is 2. The summed E-state index contributed by atoms with van der Waals surface area (Å²) in [5.74, 6) is -0.327. The van der Waals surface area contributed by atoms with E-state index in [1.165, 1.54) is 18.4 Å². The van der Waals surface area contributed by atoms with Crippen LogP contribution in [0.2, 0.25) is 0 Å². The number of ether oxygens (including phenoxy) is 2. The van der Waals surface area contributed by atoms with E-state index < -0.39 is 17.7 Å². The van der Waals surface area contributed by atoms with E-state index in [0.717, 1.165) is 6.42 Å². The second-order valence-corrected chi connectivity index (χ2v) is 6.96. The second kappa shape index (κ2) is 7.58. The predicted octanol–water partition coefficient (Wildman–Crippen LogP) is 3.54. The third kappa shape index (κ3) is 5.29. The summed E-state index contributed by atoms with van der Waals surface area (Å²) in [7, 11) is 1.31. The molecule has 7 heteroatoms. The van der Waals surface area contributed by atoms with Gasteiger partial charge in [-0.1, -0.05) is 20.3 Å². The van der Waals surface area contributed by atoms with Crippen molar-refractivity contribution >= 4 is 23.4 Å². The molecule has 6 nitrogen and oxygen atoms in total. The van der Waals surface area contributed by atoms with Crippen molar-refractivity contribution in [2.45, 2.75) is 52.7 Å². The molecule has 1 aromatic heterocycles. The summed E-state index contributed by atoms with van der Waals surface area (Å²) >= 11 is 1.32. The Balaban J connectivity index is 2.91. The number of thiazole rings is 1. The largest absolute Gasteiger partial charge is 0.464 e. The Labute approximate surface area is 135 Å². The van der Waals surface area contributed by atoms with Gasteiger partial charge in [0.15, 0.2) is 5.69 Å². The number of methoxy groups -OCH3 is 1. The average molecular weight is 328 g/mol. The average Bonchev–Trinajstić information content (AvgIpc) is 2.90. The number of hydrogen-bond acceptors (Lipinski definition) is 6. The maximum absolute atomic E-state index is 12.0. The van der Waals surface area contributed by atoms with E-state index in [0.29, 0.717) is 5.01 Å². The molecule has 0 radical (unpaired) electrons. The minimum Gasteiger partial charge on any atom is -0.464 e. The molecule has 0 aliphatic rings. The Hall–Kier alpha value is -1.63. The predicted molar refractivity (Wildman–Crippen MR) is 85.0 cm³/mol. The molecule has 0 aliphatic heterocycles. The van der Waals surface area contributed by atoms with Crippen LogP contribution >= 0.6 is 11.3 Å². The van der Waals surface area contributed by atoms with Crippen molar-refractivity contribution in [3.05, 3.63) is 16.1 Å². The summed E-state index contributed by atoms with van der Waals surface area (Å²) in [5.41, 5.74) is -0.314. The lowest BCUT2D eigenvalue weighted by Gasteiger charge is -2.25. The molecule has 0 saturated carbocycles. The number of alkyl carbamates (subject to hydrolysis) is 1. The minimum absolute atomic E-state index is 0.157. The quantitative estimate of drug-likeness (QED) is 0.837. The molecule has 1 unspecified atom stereocenters. The topological polar surface area (TPSA) is 77.5 Å². The molecular formula is C15H24N2O4S. The van der Waals surface area contributed by atoms with Crippen molar-refractivity contribution in [2.24, 2.45) is 5.92 Å². The summed E-state index contributed by atoms with van der Waals surface area (Å²) in [6, 6.07) is -0.303. The van der Waals surface area contributed by atoms with E-state index >= 15 is 0 Å². The SMILES string of the molecule is CCC(C)[C@H](NC(=O)OC(C)(C)C)c1nc(C(=O)OC)cs1. The number of rotatable bonds is 5. The number of carbonyl (C=O) groups excluding carboxylic acids is 2. The Morgan fingerprint density at radius 2 is 2.05 bits per heavy atom. The van der Waals surface area contributed by atoms with Crippen LogP contribution < -0.4 is 5.32 Å². The van der Waals surface area contributed by atoms with Gasteiger partial charge in [-0.3, -0.25) is 0 Å². The Kier molecular flexibility index (Phi) is 6.34. The van der Waals surface area contributed by atoms with E-state index in [4.69, 9.17) is 4.74 Å². The van der Waals surface area contributed by atoms with Gasteiger partial charge in [0.1, 0.15) is 10.6 Å². The highest BCUT2D eigenvalue weighted by Gasteiger charge is 2.27. The van der Waals surface area contributed by atoms with E-state index in [-0.39, 0.29) is 17.7 Å². The van der Waals surface area contributed by atoms with Gasteiger partial charge in [0.05, 0.1) is 13.2 Å². The Bertz CT molecular complexity index is 522. The van der Waals surface area contributed by atoms with E-state index in [1.807, 2.05) is 34.6 Å². The van der Waals surface area contributed by atoms with Crippen LogP contribution in [-0.2, 0) is 9.47 Å². The second-order valence-electron chi connectivity index (χ2n) is 6.07. The van der Waals surface area contributed by atoms with Gasteiger partial charge in [0, 0.05) is 5.38 Å². The lowest BCUT2D eigenvalue weighted by Crippen LogP contribution is -2.37. The van der Waals surface area contributed by atoms with Gasteiger partial charge in [-0.25, -0.2) is 14.6 Å². The first-order chi connectivity index (χ1) is 10.2. The summed E-state index contributed by atoms with van der Waals surface area (Å²) in [4.78, 5) is 27.8. The van der Waals surface area contributed by atoms with Gasteiger partial charge in [0.2, 0.25) is 0 Å². The zero-order chi connectivity index (χ0) is 16.9. The minimum atomic E-state index is -0.565. The van der Waals surface area contributed by atoms with Crippen molar-refractivity contribution in [3.63, 3.8) is 0 Å². The normalized spacial score (nSPS) is 14.1. The zero-order valence-corrected chi connectivity index (χ0v) is 14.7. The number of nitrogens with one attached hydrogen (secondary N) is 1. The van der Waals surface area contributed by atoms with Crippen LogP contribution in [-0.4, -0.2) is 29.8 Å². The number of nitrogens with zero attached hydrogens (tertiary/aromatic N) is 1. The molecule has 0 aromatic carbocycles. The molecule has 124 valence electrons. The number of amides is 1. The lowest BCUT2D eigenvalue weighted by atomic mass is 10.00. The molecular weight excluding hydrogens is 304 g/mol. The van der Waals surface area contributed by atoms with Gasteiger partial charge in [-0.05, 0) is 26.7 Å². The van der Waals surface area contributed by atoms with E-state index in [1.54, 1.807) is 5.38 Å². The molecule has 22 heavy (non-hydrogen) atoms. The first-order valence-electron chi connectivity index (χ1n) is 7.21. The molecule has 2 atom stereocenters. The molecule has 1 N–H and O–H groups in total. The zero-order valence-electron chi connectivity index (χ0n) is 13.9. The van der Waals surface area contributed by atoms with Crippen molar-refractivity contribution in [2.75, 3.05) is 7.11 Å². The number of hydrogen-bond donors (Lipinski definition) is 1. The fourth-order valence-electron chi connectivity index (χ4n) is 1.75. The third-order valence-corrected chi connectivity index (χ3v) is 4.00. The van der Waals surface area contributed by atoms with Gasteiger partial charge >= 0.3 is 12.1 Å². The number of esters is 1. The lowest BCUT2D eigenvalue weighted by molar-refractivity contribution is 0.0486. The van der Waals surface area contributed by atoms with Gasteiger partial charge in [0.25, 0.3) is 0 Å². The van der Waals surface area contributed by atoms with Crippen molar-refractivity contribution in [1.82, 2.24) is 10.3 Å². The van der Waals surface area contributed by atoms with Crippen LogP contribution in [0, 0.1) is 5.92 Å². The van der Waals surface area contributed by atoms with Crippen molar-refractivity contribution in [3.8, 4) is 0 Å². The number of aromatic nitrogens is 1. The van der Waals surface area contributed by atoms with Crippen LogP contribution in [0.5, 0.6) is 0 Å². The van der Waals surface area contributed by atoms with Gasteiger partial charge < -0.3 is 14.8 Å². The maximum Gasteiger partial charge on any atom is 0.408 e. The van der Waals surface area contributed by atoms with E-state index in [2.05, 4.69) is 15.0 Å². The maximum atomic E-state index is 12.0. The van der Waals surface area contributed by atoms with Crippen molar-refractivity contribution in [1.29, 1.82) is 0 Å². The molecule has 0 spiro atoms. The highest BCUT2D eigenvalue weighted by atomic mass is 32.1. The van der Waals surface area contributed by atoms with Crippen LogP contribution in [0.4, 0.5) is 4.79 Å². The monoisotopic (exact) mass is 328 g/mol. The van der Waals surface area contributed by atoms with Crippen LogP contribution in [0.1, 0.15) is 62.6 Å². The fraction of sp³-hybridized carbons (Fsp3) is 0.667. The smallest absolute Gasteiger partial charge is 0.408 e. The molecule has 0 saturated heterocycles. The molecule has 1 rings (SSSR count). The first-order valence-corrected chi connectivity index (χ1v) is 8.09. The summed E-state index contributed by atoms with van der Waals surface area (Å²) in [5, 5.41) is 5.14. The highest BCUT2D eigenvalue weighted by molar-refractivity contribution is 7.09. The molecule has 0 bridgehead atoms. The van der Waals surface area contributed by atoms with Crippen LogP contribution in [0.3, 0.4) is 0 Å². The van der Waals surface area contributed by atoms with Gasteiger partial charge in [-0.15, -0.1) is 11.3 Å². The standard InChI is InChI=1S/C15H24N2O4S/c1-7-9(2)11(17-14(19)21-15(3,4)5)12-16-10(8-22-12)13(18)20-6/h8-9,11H,7H2,1-6H3,(H,17,19)/t9?,11-/m0/s1. The molecule has 1 amide bonds. The third-order valence-electron chi connectivity index (χ3n) is 3.07. The Morgan fingerprint density at radius 1 is 1.41 bits per heavy atom. The summed E-state index contributed by atoms with van der Waals surface area (Å²) in [6.45, 7) is 9.47. The van der Waals surface area contributed by atoms with Crippen LogP contribution in [0.25, 0.3) is 0 Å². The highest BCUT2D eigenvalue weighted by Crippen LogP contribution is 2.28. The summed E-state index contributed by atoms with van der Waals surface area (Å²) < 4.78 is 9.95. The summed E-state index contributed by atoms with van der Waals surface area (Å²) in [6.07, 6.45) is 0.362. The molecule has 0 aliphatic carbocycles. The van der Waals surface area contributed by atoms with Crippen LogP contribution in [0.15, 0.2) is 5.38 Å². The molecule has 1 heterocycles.